The van der Waals surface area contributed by atoms with Crippen LogP contribution in [0.25, 0.3) is 27.8 Å². The van der Waals surface area contributed by atoms with Crippen molar-refractivity contribution in [2.24, 2.45) is 0 Å². The first kappa shape index (κ1) is 21.6. The van der Waals surface area contributed by atoms with Crippen molar-refractivity contribution in [3.05, 3.63) is 41.6 Å². The average molecular weight is 461 g/mol. The maximum atomic E-state index is 5.62. The normalized spacial score (nSPS) is 18.3. The fraction of sp³-hybridized carbons (Fsp3) is 0.500. The van der Waals surface area contributed by atoms with E-state index in [4.69, 9.17) is 14.5 Å². The second kappa shape index (κ2) is 8.36. The van der Waals surface area contributed by atoms with Gasteiger partial charge >= 0.3 is 0 Å². The lowest BCUT2D eigenvalue weighted by Crippen LogP contribution is -2.51. The highest BCUT2D eigenvalue weighted by atomic mass is 16.5. The van der Waals surface area contributed by atoms with Crippen molar-refractivity contribution in [1.29, 1.82) is 0 Å². The van der Waals surface area contributed by atoms with Gasteiger partial charge in [0.25, 0.3) is 0 Å². The van der Waals surface area contributed by atoms with Gasteiger partial charge in [-0.15, -0.1) is 0 Å². The molecule has 34 heavy (non-hydrogen) atoms. The van der Waals surface area contributed by atoms with E-state index in [1.807, 2.05) is 18.5 Å². The van der Waals surface area contributed by atoms with Crippen LogP contribution in [0.5, 0.6) is 5.75 Å². The minimum absolute atomic E-state index is 0.343. The Bertz CT molecular complexity index is 1340. The van der Waals surface area contributed by atoms with Crippen LogP contribution in [0.4, 0.5) is 0 Å². The molecule has 4 aromatic heterocycles. The third kappa shape index (κ3) is 3.39. The fourth-order valence-corrected chi connectivity index (χ4v) is 5.77. The Labute approximate surface area is 199 Å². The molecule has 1 N–H and O–H groups in total. The predicted molar refractivity (Wildman–Crippen MR) is 132 cm³/mol. The molecule has 0 unspecified atom stereocenters. The van der Waals surface area contributed by atoms with Gasteiger partial charge in [0.05, 0.1) is 43.8 Å². The van der Waals surface area contributed by atoms with Crippen LogP contribution in [0.1, 0.15) is 55.3 Å². The molecule has 0 saturated carbocycles. The number of piperidine rings is 1. The number of aryl methyl sites for hydroxylation is 1. The summed E-state index contributed by atoms with van der Waals surface area (Å²) in [7, 11) is 1.67. The SMILES string of the molecule is COc1cc(-c2[nH]c3cnc(C4CCN(C5COC5)CC4)c(C)c3c2C(C)C)cn2ncnc12. The number of likely N-dealkylation sites (tertiary alicyclic amines) is 1. The van der Waals surface area contributed by atoms with Crippen molar-refractivity contribution in [2.75, 3.05) is 33.4 Å². The lowest BCUT2D eigenvalue weighted by atomic mass is 9.87. The van der Waals surface area contributed by atoms with E-state index in [0.717, 1.165) is 55.9 Å². The first-order valence-corrected chi connectivity index (χ1v) is 12.3. The first-order chi connectivity index (χ1) is 16.5. The summed E-state index contributed by atoms with van der Waals surface area (Å²) in [6.07, 6.45) is 7.92. The van der Waals surface area contributed by atoms with E-state index in [9.17, 15) is 0 Å². The zero-order valence-electron chi connectivity index (χ0n) is 20.3. The van der Waals surface area contributed by atoms with E-state index >= 15 is 0 Å². The molecule has 0 amide bonds. The average Bonchev–Trinajstić information content (AvgIpc) is 3.43. The molecule has 6 heterocycles. The number of nitrogens with one attached hydrogen (secondary N) is 1. The lowest BCUT2D eigenvalue weighted by molar-refractivity contribution is -0.0713. The molecule has 2 saturated heterocycles. The van der Waals surface area contributed by atoms with Gasteiger partial charge < -0.3 is 14.5 Å². The highest BCUT2D eigenvalue weighted by Gasteiger charge is 2.31. The Morgan fingerprint density at radius 1 is 1.18 bits per heavy atom. The number of rotatable bonds is 5. The maximum Gasteiger partial charge on any atom is 0.197 e. The van der Waals surface area contributed by atoms with Crippen molar-refractivity contribution in [2.45, 2.75) is 51.5 Å². The number of aromatic nitrogens is 5. The number of fused-ring (bicyclic) bond motifs is 2. The molecule has 0 atom stereocenters. The molecular formula is C26H32N6O2. The third-order valence-corrected chi connectivity index (χ3v) is 7.64. The van der Waals surface area contributed by atoms with Gasteiger partial charge in [-0.25, -0.2) is 9.50 Å². The summed E-state index contributed by atoms with van der Waals surface area (Å²) in [5.74, 6) is 1.56. The van der Waals surface area contributed by atoms with Crippen LogP contribution >= 0.6 is 0 Å². The van der Waals surface area contributed by atoms with E-state index in [2.05, 4.69) is 40.7 Å². The van der Waals surface area contributed by atoms with Gasteiger partial charge in [-0.1, -0.05) is 13.8 Å². The standard InChI is InChI=1S/C26H32N6O2/c1-15(2)22-23-16(3)24(17-5-7-31(8-6-17)19-12-34-13-19)27-10-20(23)30-25(22)18-9-21(33-4)26-28-14-29-32(26)11-18/h9-11,14-15,17,19,30H,5-8,12-13H2,1-4H3. The Morgan fingerprint density at radius 3 is 2.65 bits per heavy atom. The number of ether oxygens (including phenoxy) is 2. The van der Waals surface area contributed by atoms with Crippen LogP contribution in [0.15, 0.2) is 24.8 Å². The summed E-state index contributed by atoms with van der Waals surface area (Å²) in [5.41, 5.74) is 7.82. The van der Waals surface area contributed by atoms with Gasteiger partial charge in [-0.05, 0) is 56.0 Å². The summed E-state index contributed by atoms with van der Waals surface area (Å²) in [4.78, 5) is 15.6. The Hall–Kier alpha value is -2.97. The van der Waals surface area contributed by atoms with Gasteiger partial charge in [0.1, 0.15) is 6.33 Å². The van der Waals surface area contributed by atoms with Gasteiger partial charge in [0.15, 0.2) is 11.4 Å². The summed E-state index contributed by atoms with van der Waals surface area (Å²) < 4.78 is 12.8. The molecule has 4 aromatic rings. The van der Waals surface area contributed by atoms with E-state index in [1.54, 1.807) is 18.0 Å². The topological polar surface area (TPSA) is 80.6 Å². The lowest BCUT2D eigenvalue weighted by Gasteiger charge is -2.41. The number of pyridine rings is 2. The summed E-state index contributed by atoms with van der Waals surface area (Å²) in [5, 5.41) is 5.66. The largest absolute Gasteiger partial charge is 0.493 e. The number of hydrogen-bond acceptors (Lipinski definition) is 6. The third-order valence-electron chi connectivity index (χ3n) is 7.64. The van der Waals surface area contributed by atoms with Crippen molar-refractivity contribution in [3.63, 3.8) is 0 Å². The fourth-order valence-electron chi connectivity index (χ4n) is 5.77. The zero-order chi connectivity index (χ0) is 23.4. The number of aromatic amines is 1. The van der Waals surface area contributed by atoms with E-state index in [-0.39, 0.29) is 0 Å². The van der Waals surface area contributed by atoms with E-state index in [0.29, 0.717) is 29.3 Å². The van der Waals surface area contributed by atoms with E-state index < -0.39 is 0 Å². The van der Waals surface area contributed by atoms with Crippen LogP contribution in [-0.2, 0) is 4.74 Å². The molecule has 2 aliphatic heterocycles. The van der Waals surface area contributed by atoms with Crippen LogP contribution in [0.3, 0.4) is 0 Å². The highest BCUT2D eigenvalue weighted by molar-refractivity contribution is 5.94. The number of hydrogen-bond donors (Lipinski definition) is 1. The molecule has 0 bridgehead atoms. The molecule has 6 rings (SSSR count). The second-order valence-electron chi connectivity index (χ2n) is 9.95. The van der Waals surface area contributed by atoms with E-state index in [1.165, 1.54) is 22.2 Å². The molecule has 0 radical (unpaired) electrons. The van der Waals surface area contributed by atoms with Crippen molar-refractivity contribution >= 4 is 16.6 Å². The van der Waals surface area contributed by atoms with Gasteiger partial charge in [-0.2, -0.15) is 5.10 Å². The van der Waals surface area contributed by atoms with Crippen molar-refractivity contribution in [3.8, 4) is 17.0 Å². The Morgan fingerprint density at radius 2 is 1.97 bits per heavy atom. The molecule has 0 aromatic carbocycles. The van der Waals surface area contributed by atoms with Crippen LogP contribution in [-0.4, -0.2) is 68.9 Å². The highest BCUT2D eigenvalue weighted by Crippen LogP contribution is 2.41. The second-order valence-corrected chi connectivity index (χ2v) is 9.95. The minimum Gasteiger partial charge on any atom is -0.493 e. The molecule has 178 valence electrons. The predicted octanol–water partition coefficient (Wildman–Crippen LogP) is 4.29. The van der Waals surface area contributed by atoms with Gasteiger partial charge in [0.2, 0.25) is 0 Å². The minimum atomic E-state index is 0.343. The summed E-state index contributed by atoms with van der Waals surface area (Å²) in [6.45, 7) is 10.8. The molecule has 2 fully saturated rings. The van der Waals surface area contributed by atoms with Crippen molar-refractivity contribution < 1.29 is 9.47 Å². The van der Waals surface area contributed by atoms with Crippen LogP contribution < -0.4 is 4.74 Å². The van der Waals surface area contributed by atoms with Crippen molar-refractivity contribution in [1.82, 2.24) is 29.5 Å². The number of nitrogens with zero attached hydrogens (tertiary/aromatic N) is 5. The number of H-pyrrole nitrogens is 1. The summed E-state index contributed by atoms with van der Waals surface area (Å²) in [6, 6.07) is 2.67. The van der Waals surface area contributed by atoms with Gasteiger partial charge in [-0.3, -0.25) is 9.88 Å². The number of methoxy groups -OCH3 is 1. The molecule has 0 aliphatic carbocycles. The maximum absolute atomic E-state index is 5.62. The zero-order valence-corrected chi connectivity index (χ0v) is 20.3. The molecular weight excluding hydrogens is 428 g/mol. The molecule has 2 aliphatic rings. The van der Waals surface area contributed by atoms with Gasteiger partial charge in [0, 0.05) is 28.8 Å². The molecule has 0 spiro atoms. The molecule has 8 nitrogen and oxygen atoms in total. The Balaban J connectivity index is 1.42. The van der Waals surface area contributed by atoms with Crippen LogP contribution in [0.2, 0.25) is 0 Å². The van der Waals surface area contributed by atoms with Crippen LogP contribution in [0, 0.1) is 6.92 Å². The quantitative estimate of drug-likeness (QED) is 0.479. The summed E-state index contributed by atoms with van der Waals surface area (Å²) >= 11 is 0. The monoisotopic (exact) mass is 460 g/mol. The Kier molecular flexibility index (Phi) is 5.30. The molecule has 8 heteroatoms. The smallest absolute Gasteiger partial charge is 0.197 e. The first-order valence-electron chi connectivity index (χ1n) is 12.3.